The summed E-state index contributed by atoms with van der Waals surface area (Å²) in [6.07, 6.45) is -37.6. The lowest BCUT2D eigenvalue weighted by Gasteiger charge is -2.72. The van der Waals surface area contributed by atoms with Crippen LogP contribution in [0.4, 0.5) is 0 Å². The van der Waals surface area contributed by atoms with E-state index in [1.54, 1.807) is 0 Å². The molecule has 10 rings (SSSR count). The molecule has 0 spiro atoms. The highest BCUT2D eigenvalue weighted by atomic mass is 16.8. The van der Waals surface area contributed by atoms with Gasteiger partial charge in [0.25, 0.3) is 0 Å². The molecule has 29 heteroatoms. The van der Waals surface area contributed by atoms with E-state index in [2.05, 4.69) is 40.7 Å². The average molecular weight is 1320 g/mol. The van der Waals surface area contributed by atoms with Crippen molar-refractivity contribution in [2.75, 3.05) is 19.8 Å². The van der Waals surface area contributed by atoms with Crippen LogP contribution in [0.15, 0.2) is 11.6 Å². The number of carbonyl (C=O) groups is 3. The predicted octanol–water partition coefficient (Wildman–Crippen LogP) is -2.43. The second-order valence-electron chi connectivity index (χ2n) is 29.9. The molecule has 14 N–H and O–H groups in total. The summed E-state index contributed by atoms with van der Waals surface area (Å²) >= 11 is 0. The van der Waals surface area contributed by atoms with E-state index in [0.29, 0.717) is 32.1 Å². The van der Waals surface area contributed by atoms with Crippen molar-refractivity contribution < 1.29 is 143 Å². The molecule has 4 saturated carbocycles. The molecule has 2 unspecified atom stereocenters. The molecule has 0 radical (unpaired) electrons. The van der Waals surface area contributed by atoms with Crippen LogP contribution in [0, 0.1) is 50.2 Å². The molecule has 0 aromatic carbocycles. The van der Waals surface area contributed by atoms with Crippen molar-refractivity contribution in [3.63, 3.8) is 0 Å². The summed E-state index contributed by atoms with van der Waals surface area (Å²) in [7, 11) is 0. The summed E-state index contributed by atoms with van der Waals surface area (Å²) in [4.78, 5) is 41.3. The molecule has 29 nitrogen and oxygen atoms in total. The third-order valence-electron chi connectivity index (χ3n) is 23.7. The molecule has 35 atom stereocenters. The second kappa shape index (κ2) is 26.5. The van der Waals surface area contributed by atoms with Crippen molar-refractivity contribution in [1.29, 1.82) is 0 Å². The third kappa shape index (κ3) is 12.1. The molecule has 5 saturated heterocycles. The van der Waals surface area contributed by atoms with Gasteiger partial charge >= 0.3 is 17.9 Å². The van der Waals surface area contributed by atoms with Crippen molar-refractivity contribution in [2.45, 2.75) is 293 Å². The summed E-state index contributed by atoms with van der Waals surface area (Å²) in [5.41, 5.74) is -4.26. The first-order chi connectivity index (χ1) is 42.9. The first-order valence-electron chi connectivity index (χ1n) is 32.4. The molecule has 0 bridgehead atoms. The van der Waals surface area contributed by atoms with E-state index in [0.717, 1.165) is 19.4 Å². The van der Waals surface area contributed by atoms with Gasteiger partial charge in [0.2, 0.25) is 6.29 Å². The van der Waals surface area contributed by atoms with Crippen LogP contribution in [0.1, 0.15) is 128 Å². The molecule has 9 fully saturated rings. The lowest BCUT2D eigenvalue weighted by molar-refractivity contribution is -0.380. The van der Waals surface area contributed by atoms with Crippen molar-refractivity contribution in [2.24, 2.45) is 50.2 Å². The molecular formula is C63H100O29. The topological polar surface area (TPSA) is 445 Å². The van der Waals surface area contributed by atoms with Crippen molar-refractivity contribution in [1.82, 2.24) is 0 Å². The second-order valence-corrected chi connectivity index (χ2v) is 29.9. The highest BCUT2D eigenvalue weighted by Gasteiger charge is 2.73. The standard InChI is InChI=1S/C63H100O29/c1-24-37(71)39(73)41(75)53(82-24)89-48-32(69)22-81-52(45(48)79)88-47-26(3)83-55(49(44(47)78)86-28(5)67)90-50-43(77)46(85-27(4)66)25(2)84-56(50)92-57(80)63-17-16-58(6,7)18-30(63)29-12-13-35-59(8)19-31(68)51(91-54-42(76)40(74)38(72)33(21-64)87-54)60(9,23-65)34(59)14-15-61(35,10)62(29,11)20-36(63)70/h12,24-26,30-56,64-65,68-79H,13-23H2,1-11H3/t24-,25+,26-,30?,31-,32+,33+,34?,35+,36+,37-,38+,39+,40-,41+,42+,43-,44+,45+,46-,47-,48-,49+,50+,51-,52-,53-,54-,55-,56-,59-,60-,61+,62+,63+/m0/s1. The van der Waals surface area contributed by atoms with E-state index in [1.165, 1.54) is 20.8 Å². The van der Waals surface area contributed by atoms with Gasteiger partial charge in [0.05, 0.1) is 56.4 Å². The number of hydrogen-bond donors (Lipinski definition) is 14. The fraction of sp³-hybridized carbons (Fsp3) is 0.921. The smallest absolute Gasteiger partial charge is 0.317 e. The van der Waals surface area contributed by atoms with Gasteiger partial charge in [-0.1, -0.05) is 53.2 Å². The molecule has 5 aliphatic heterocycles. The minimum atomic E-state index is -1.90. The number of allylic oxidation sites excluding steroid dienone is 2. The number of esters is 3. The highest BCUT2D eigenvalue weighted by Crippen LogP contribution is 2.76. The van der Waals surface area contributed by atoms with Gasteiger partial charge in [-0.25, -0.2) is 0 Å². The zero-order valence-electron chi connectivity index (χ0n) is 54.1. The van der Waals surface area contributed by atoms with Crippen molar-refractivity contribution >= 4 is 17.9 Å². The monoisotopic (exact) mass is 1320 g/mol. The van der Waals surface area contributed by atoms with Crippen LogP contribution in [0.5, 0.6) is 0 Å². The minimum absolute atomic E-state index is 0.0863. The Bertz CT molecular complexity index is 2670. The Morgan fingerprint density at radius 1 is 0.533 bits per heavy atom. The van der Waals surface area contributed by atoms with Gasteiger partial charge in [-0.15, -0.1) is 0 Å². The molecule has 5 aliphatic carbocycles. The summed E-state index contributed by atoms with van der Waals surface area (Å²) in [6, 6.07) is 0. The van der Waals surface area contributed by atoms with E-state index in [1.807, 2.05) is 6.92 Å². The number of fused-ring (bicyclic) bond motifs is 7. The molecule has 92 heavy (non-hydrogen) atoms. The highest BCUT2D eigenvalue weighted by molar-refractivity contribution is 5.80. The lowest BCUT2D eigenvalue weighted by Crippen LogP contribution is -2.70. The summed E-state index contributed by atoms with van der Waals surface area (Å²) in [5, 5.41) is 157. The predicted molar refractivity (Wildman–Crippen MR) is 308 cm³/mol. The summed E-state index contributed by atoms with van der Waals surface area (Å²) in [5.74, 6) is -3.76. The lowest BCUT2D eigenvalue weighted by atomic mass is 9.33. The Balaban J connectivity index is 0.909. The molecule has 526 valence electrons. The zero-order valence-corrected chi connectivity index (χ0v) is 54.1. The average Bonchev–Trinajstić information content (AvgIpc) is 0.671. The van der Waals surface area contributed by atoms with E-state index in [9.17, 15) is 81.1 Å². The van der Waals surface area contributed by atoms with E-state index < -0.39 is 236 Å². The van der Waals surface area contributed by atoms with Gasteiger partial charge in [-0.3, -0.25) is 14.4 Å². The van der Waals surface area contributed by atoms with Gasteiger partial charge in [-0.05, 0) is 112 Å². The number of ether oxygens (including phenoxy) is 12. The fourth-order valence-corrected chi connectivity index (χ4v) is 18.5. The van der Waals surface area contributed by atoms with Crippen LogP contribution < -0.4 is 0 Å². The molecular weight excluding hydrogens is 1220 g/mol. The van der Waals surface area contributed by atoms with Gasteiger partial charge in [0.1, 0.15) is 84.8 Å². The number of aliphatic hydroxyl groups excluding tert-OH is 14. The molecule has 0 aromatic heterocycles. The number of hydrogen-bond acceptors (Lipinski definition) is 29. The Kier molecular flexibility index (Phi) is 20.7. The fourth-order valence-electron chi connectivity index (χ4n) is 18.5. The van der Waals surface area contributed by atoms with E-state index in [-0.39, 0.29) is 36.5 Å². The minimum Gasteiger partial charge on any atom is -0.457 e. The Labute approximate surface area is 534 Å². The molecule has 0 aromatic rings. The summed E-state index contributed by atoms with van der Waals surface area (Å²) in [6.45, 7) is 17.2. The van der Waals surface area contributed by atoms with E-state index in [4.69, 9.17) is 56.8 Å². The van der Waals surface area contributed by atoms with E-state index >= 15 is 4.79 Å². The number of carbonyl (C=O) groups excluding carboxylic acids is 3. The van der Waals surface area contributed by atoms with Crippen LogP contribution in [0.3, 0.4) is 0 Å². The maximum atomic E-state index is 15.8. The van der Waals surface area contributed by atoms with Gasteiger partial charge in [0.15, 0.2) is 43.5 Å². The van der Waals surface area contributed by atoms with Crippen molar-refractivity contribution in [3.05, 3.63) is 11.6 Å². The zero-order chi connectivity index (χ0) is 67.6. The van der Waals surface area contributed by atoms with Crippen molar-refractivity contribution in [3.8, 4) is 0 Å². The molecule has 0 amide bonds. The van der Waals surface area contributed by atoms with Crippen LogP contribution in [-0.4, -0.2) is 275 Å². The first-order valence-corrected chi connectivity index (χ1v) is 32.4. The quantitative estimate of drug-likeness (QED) is 0.0372. The van der Waals surface area contributed by atoms with Gasteiger partial charge < -0.3 is 128 Å². The largest absolute Gasteiger partial charge is 0.457 e. The number of aliphatic hydroxyl groups is 14. The number of rotatable bonds is 14. The molecule has 5 heterocycles. The Hall–Kier alpha value is -2.77. The third-order valence-corrected chi connectivity index (χ3v) is 23.7. The first kappa shape index (κ1) is 72.0. The normalized spacial score (nSPS) is 53.4. The molecule has 10 aliphatic rings. The van der Waals surface area contributed by atoms with Crippen LogP contribution >= 0.6 is 0 Å². The SMILES string of the molecule is CC(=O)O[C@@H]1[C@H](O)[C@@H](O[C@@H]2O[C@@H](C)[C@H](O[C@@H]3OC[C@@H](O)[C@H](O[C@@H]4O[C@@H](C)[C@H](O)[C@@H](O)[C@H]4O)[C@H]3O)[C@@H](O)[C@H]2OC(C)=O)[C@H](OC(=O)[C@]23CCC(C)(C)CC2C2=CC[C@@H]4[C@@]5(C)C[C@H](O)[C@H](O[C@@H]6O[C@H](CO)[C@@H](O)[C@H](O)[C@H]6O)[C@@](C)(CO)C5CC[C@@]4(C)[C@]2(C)C[C@H]3O)O[C@@H]1C. The maximum absolute atomic E-state index is 15.8. The van der Waals surface area contributed by atoms with Gasteiger partial charge in [-0.2, -0.15) is 0 Å². The van der Waals surface area contributed by atoms with Crippen LogP contribution in [0.2, 0.25) is 0 Å². The Morgan fingerprint density at radius 3 is 1.75 bits per heavy atom. The maximum Gasteiger partial charge on any atom is 0.317 e. The van der Waals surface area contributed by atoms with Gasteiger partial charge in [0, 0.05) is 19.3 Å². The van der Waals surface area contributed by atoms with Crippen LogP contribution in [0.25, 0.3) is 0 Å². The Morgan fingerprint density at radius 2 is 1.11 bits per heavy atom. The summed E-state index contributed by atoms with van der Waals surface area (Å²) < 4.78 is 71.7. The van der Waals surface area contributed by atoms with Crippen LogP contribution in [-0.2, 0) is 71.2 Å².